The Morgan fingerprint density at radius 2 is 2.30 bits per heavy atom. The molecule has 1 heterocycles. The molecule has 2 rings (SSSR count). The first-order chi connectivity index (χ1) is 9.45. The molecule has 0 radical (unpaired) electrons. The standard InChI is InChI=1S/C16H29N3O/c1-13-6-5-10-16(12-13,18(2)3)15(20)8-7-14-9-11-17-19(14)4/h9,11,13,15,20H,5-8,10,12H2,1-4H3. The minimum Gasteiger partial charge on any atom is -0.391 e. The van der Waals surface area contributed by atoms with Gasteiger partial charge in [-0.15, -0.1) is 0 Å². The van der Waals surface area contributed by atoms with Crippen LogP contribution in [0, 0.1) is 5.92 Å². The Bertz CT molecular complexity index is 429. The number of aliphatic hydroxyl groups excluding tert-OH is 1. The number of nitrogens with zero attached hydrogens (tertiary/aromatic N) is 3. The smallest absolute Gasteiger partial charge is 0.0727 e. The van der Waals surface area contributed by atoms with Crippen molar-refractivity contribution >= 4 is 0 Å². The van der Waals surface area contributed by atoms with Gasteiger partial charge in [0.1, 0.15) is 0 Å². The average molecular weight is 279 g/mol. The second-order valence-corrected chi connectivity index (χ2v) is 6.70. The summed E-state index contributed by atoms with van der Waals surface area (Å²) in [6.45, 7) is 2.31. The van der Waals surface area contributed by atoms with Crippen molar-refractivity contribution in [2.75, 3.05) is 14.1 Å². The zero-order valence-corrected chi connectivity index (χ0v) is 13.3. The molecule has 0 aromatic carbocycles. The van der Waals surface area contributed by atoms with Crippen LogP contribution in [0.5, 0.6) is 0 Å². The molecule has 20 heavy (non-hydrogen) atoms. The van der Waals surface area contributed by atoms with Crippen LogP contribution in [0.4, 0.5) is 0 Å². The van der Waals surface area contributed by atoms with Crippen LogP contribution in [0.15, 0.2) is 12.3 Å². The van der Waals surface area contributed by atoms with E-state index in [-0.39, 0.29) is 11.6 Å². The van der Waals surface area contributed by atoms with Crippen molar-refractivity contribution in [1.29, 1.82) is 0 Å². The summed E-state index contributed by atoms with van der Waals surface area (Å²) in [5.74, 6) is 0.706. The maximum absolute atomic E-state index is 10.8. The van der Waals surface area contributed by atoms with E-state index in [4.69, 9.17) is 0 Å². The monoisotopic (exact) mass is 279 g/mol. The Hall–Kier alpha value is -0.870. The zero-order chi connectivity index (χ0) is 14.8. The normalized spacial score (nSPS) is 28.8. The molecule has 0 spiro atoms. The van der Waals surface area contributed by atoms with Crippen LogP contribution in [-0.2, 0) is 13.5 Å². The molecule has 3 unspecified atom stereocenters. The highest BCUT2D eigenvalue weighted by Crippen LogP contribution is 2.39. The molecule has 0 aliphatic heterocycles. The fraction of sp³-hybridized carbons (Fsp3) is 0.812. The minimum atomic E-state index is -0.268. The molecule has 4 nitrogen and oxygen atoms in total. The Balaban J connectivity index is 2.04. The fourth-order valence-electron chi connectivity index (χ4n) is 3.77. The third kappa shape index (κ3) is 3.07. The maximum Gasteiger partial charge on any atom is 0.0727 e. The number of aromatic nitrogens is 2. The lowest BCUT2D eigenvalue weighted by molar-refractivity contribution is -0.0465. The fourth-order valence-corrected chi connectivity index (χ4v) is 3.77. The highest BCUT2D eigenvalue weighted by Gasteiger charge is 2.42. The van der Waals surface area contributed by atoms with Crippen LogP contribution < -0.4 is 0 Å². The highest BCUT2D eigenvalue weighted by atomic mass is 16.3. The SMILES string of the molecule is CC1CCCC(C(O)CCc2ccnn2C)(N(C)C)C1. The molecule has 1 aliphatic carbocycles. The summed E-state index contributed by atoms with van der Waals surface area (Å²) in [5, 5.41) is 15.0. The molecule has 0 amide bonds. The van der Waals surface area contributed by atoms with Gasteiger partial charge in [0.05, 0.1) is 6.10 Å². The van der Waals surface area contributed by atoms with Gasteiger partial charge in [-0.1, -0.05) is 19.8 Å². The van der Waals surface area contributed by atoms with Crippen LogP contribution in [0.1, 0.15) is 44.7 Å². The molecule has 114 valence electrons. The van der Waals surface area contributed by atoms with Crippen LogP contribution >= 0.6 is 0 Å². The zero-order valence-electron chi connectivity index (χ0n) is 13.3. The third-order valence-corrected chi connectivity index (χ3v) is 5.12. The van der Waals surface area contributed by atoms with E-state index in [1.165, 1.54) is 18.5 Å². The number of hydrogen-bond donors (Lipinski definition) is 1. The van der Waals surface area contributed by atoms with Gasteiger partial charge in [0.15, 0.2) is 0 Å². The first-order valence-electron chi connectivity index (χ1n) is 7.78. The van der Waals surface area contributed by atoms with E-state index in [0.717, 1.165) is 25.7 Å². The van der Waals surface area contributed by atoms with E-state index in [0.29, 0.717) is 5.92 Å². The van der Waals surface area contributed by atoms with Gasteiger partial charge in [-0.2, -0.15) is 5.10 Å². The summed E-state index contributed by atoms with van der Waals surface area (Å²) >= 11 is 0. The molecule has 0 bridgehead atoms. The summed E-state index contributed by atoms with van der Waals surface area (Å²) in [6.07, 6.45) is 7.99. The topological polar surface area (TPSA) is 41.3 Å². The first kappa shape index (κ1) is 15.5. The van der Waals surface area contributed by atoms with E-state index in [1.807, 2.05) is 24.0 Å². The van der Waals surface area contributed by atoms with Crippen LogP contribution in [0.3, 0.4) is 0 Å². The number of aliphatic hydroxyl groups is 1. The van der Waals surface area contributed by atoms with E-state index in [9.17, 15) is 5.11 Å². The van der Waals surface area contributed by atoms with Crippen LogP contribution in [0.25, 0.3) is 0 Å². The first-order valence-corrected chi connectivity index (χ1v) is 7.78. The Labute approximate surface area is 122 Å². The molecule has 1 N–H and O–H groups in total. The van der Waals surface area contributed by atoms with Crippen LogP contribution in [-0.4, -0.2) is 45.5 Å². The van der Waals surface area contributed by atoms with Gasteiger partial charge in [0, 0.05) is 24.5 Å². The van der Waals surface area contributed by atoms with Gasteiger partial charge in [-0.05, 0) is 51.8 Å². The van der Waals surface area contributed by atoms with Crippen LogP contribution in [0.2, 0.25) is 0 Å². The molecular weight excluding hydrogens is 250 g/mol. The molecule has 0 saturated heterocycles. The van der Waals surface area contributed by atoms with Crippen molar-refractivity contribution < 1.29 is 5.11 Å². The lowest BCUT2D eigenvalue weighted by atomic mass is 9.71. The van der Waals surface area contributed by atoms with E-state index in [1.54, 1.807) is 0 Å². The molecule has 1 aromatic heterocycles. The lowest BCUT2D eigenvalue weighted by Gasteiger charge is -2.48. The quantitative estimate of drug-likeness (QED) is 0.898. The van der Waals surface area contributed by atoms with Crippen molar-refractivity contribution in [3.8, 4) is 0 Å². The van der Waals surface area contributed by atoms with Gasteiger partial charge in [-0.25, -0.2) is 0 Å². The second-order valence-electron chi connectivity index (χ2n) is 6.70. The number of aryl methyl sites for hydroxylation is 2. The largest absolute Gasteiger partial charge is 0.391 e. The van der Waals surface area contributed by atoms with Gasteiger partial charge < -0.3 is 10.0 Å². The number of likely N-dealkylation sites (N-methyl/N-ethyl adjacent to an activating group) is 1. The van der Waals surface area contributed by atoms with Crippen molar-refractivity contribution in [2.45, 2.75) is 57.1 Å². The second kappa shape index (κ2) is 6.27. The molecule has 1 aliphatic rings. The third-order valence-electron chi connectivity index (χ3n) is 5.12. The predicted molar refractivity (Wildman–Crippen MR) is 81.6 cm³/mol. The minimum absolute atomic E-state index is 0.0454. The van der Waals surface area contributed by atoms with Gasteiger partial charge in [0.25, 0.3) is 0 Å². The van der Waals surface area contributed by atoms with Gasteiger partial charge >= 0.3 is 0 Å². The molecule has 4 heteroatoms. The van der Waals surface area contributed by atoms with E-state index in [2.05, 4.69) is 31.0 Å². The Morgan fingerprint density at radius 1 is 1.55 bits per heavy atom. The Morgan fingerprint density at radius 3 is 2.85 bits per heavy atom. The van der Waals surface area contributed by atoms with Crippen molar-refractivity contribution in [2.24, 2.45) is 13.0 Å². The van der Waals surface area contributed by atoms with Gasteiger partial charge in [0.2, 0.25) is 0 Å². The summed E-state index contributed by atoms with van der Waals surface area (Å²) in [7, 11) is 6.20. The van der Waals surface area contributed by atoms with Gasteiger partial charge in [-0.3, -0.25) is 4.68 Å². The molecule has 1 aromatic rings. The summed E-state index contributed by atoms with van der Waals surface area (Å²) in [4.78, 5) is 2.26. The summed E-state index contributed by atoms with van der Waals surface area (Å²) < 4.78 is 1.90. The molecule has 1 saturated carbocycles. The van der Waals surface area contributed by atoms with Crippen molar-refractivity contribution in [3.05, 3.63) is 18.0 Å². The molecule has 3 atom stereocenters. The average Bonchev–Trinajstić information content (AvgIpc) is 2.81. The van der Waals surface area contributed by atoms with Crippen molar-refractivity contribution in [1.82, 2.24) is 14.7 Å². The maximum atomic E-state index is 10.8. The highest BCUT2D eigenvalue weighted by molar-refractivity contribution is 5.03. The Kier molecular flexibility index (Phi) is 4.86. The number of rotatable bonds is 5. The molecule has 1 fully saturated rings. The lowest BCUT2D eigenvalue weighted by Crippen LogP contribution is -2.56. The number of hydrogen-bond acceptors (Lipinski definition) is 3. The molecular formula is C16H29N3O. The van der Waals surface area contributed by atoms with E-state index < -0.39 is 0 Å². The van der Waals surface area contributed by atoms with Crippen molar-refractivity contribution in [3.63, 3.8) is 0 Å². The summed E-state index contributed by atoms with van der Waals surface area (Å²) in [6, 6.07) is 2.04. The summed E-state index contributed by atoms with van der Waals surface area (Å²) in [5.41, 5.74) is 1.15. The van der Waals surface area contributed by atoms with E-state index >= 15 is 0 Å². The predicted octanol–water partition coefficient (Wildman–Crippen LogP) is 2.22.